The average Bonchev–Trinajstić information content (AvgIpc) is 3.39. The molecule has 26 heavy (non-hydrogen) atoms. The predicted octanol–water partition coefficient (Wildman–Crippen LogP) is 2.26. The van der Waals surface area contributed by atoms with E-state index in [4.69, 9.17) is 4.74 Å². The van der Waals surface area contributed by atoms with E-state index in [1.807, 2.05) is 11.6 Å². The third-order valence-corrected chi connectivity index (χ3v) is 7.09. The van der Waals surface area contributed by atoms with Crippen molar-refractivity contribution in [3.8, 4) is 0 Å². The fourth-order valence-corrected chi connectivity index (χ4v) is 5.57. The summed E-state index contributed by atoms with van der Waals surface area (Å²) in [6.45, 7) is 5.32. The Balaban J connectivity index is 1.41. The fourth-order valence-electron chi connectivity index (χ4n) is 4.85. The maximum absolute atomic E-state index is 13.0. The highest BCUT2D eigenvalue weighted by atomic mass is 32.1. The third-order valence-electron chi connectivity index (χ3n) is 6.28. The zero-order chi connectivity index (χ0) is 17.8. The highest BCUT2D eigenvalue weighted by Crippen LogP contribution is 2.34. The Kier molecular flexibility index (Phi) is 5.76. The van der Waals surface area contributed by atoms with Gasteiger partial charge in [-0.2, -0.15) is 0 Å². The first-order valence-electron chi connectivity index (χ1n) is 10.1. The molecule has 3 fully saturated rings. The van der Waals surface area contributed by atoms with Crippen LogP contribution in [0.1, 0.15) is 44.9 Å². The molecule has 1 atom stereocenters. The molecule has 1 aromatic rings. The van der Waals surface area contributed by atoms with Crippen LogP contribution in [0.2, 0.25) is 0 Å². The van der Waals surface area contributed by atoms with Crippen molar-refractivity contribution in [2.75, 3.05) is 44.3 Å². The minimum absolute atomic E-state index is 0.0634. The number of rotatable bonds is 5. The average molecular weight is 379 g/mol. The van der Waals surface area contributed by atoms with Crippen LogP contribution in [0.5, 0.6) is 0 Å². The van der Waals surface area contributed by atoms with Gasteiger partial charge >= 0.3 is 0 Å². The third kappa shape index (κ3) is 3.75. The molecule has 7 heteroatoms. The maximum Gasteiger partial charge on any atom is 0.242 e. The van der Waals surface area contributed by atoms with Gasteiger partial charge in [-0.25, -0.2) is 4.98 Å². The number of carbonyl (C=O) groups is 1. The molecule has 3 heterocycles. The molecular formula is C19H30N4O2S. The molecule has 1 aliphatic carbocycles. The van der Waals surface area contributed by atoms with Gasteiger partial charge < -0.3 is 15.0 Å². The summed E-state index contributed by atoms with van der Waals surface area (Å²) in [5.74, 6) is 0.177. The van der Waals surface area contributed by atoms with Gasteiger partial charge in [0.1, 0.15) is 6.04 Å². The van der Waals surface area contributed by atoms with Crippen LogP contribution in [-0.2, 0) is 9.53 Å². The van der Waals surface area contributed by atoms with E-state index in [9.17, 15) is 4.79 Å². The molecule has 1 aromatic heterocycles. The van der Waals surface area contributed by atoms with Gasteiger partial charge in [0, 0.05) is 43.3 Å². The Morgan fingerprint density at radius 1 is 1.23 bits per heavy atom. The van der Waals surface area contributed by atoms with Crippen molar-refractivity contribution in [1.82, 2.24) is 15.2 Å². The Hall–Kier alpha value is -1.18. The SMILES string of the molecule is O=C(NCC1(N2CCOCC2)CCCCC1)[C@@H]1CCCN1c1nccs1. The second-order valence-electron chi connectivity index (χ2n) is 7.77. The molecule has 0 radical (unpaired) electrons. The van der Waals surface area contributed by atoms with E-state index in [1.54, 1.807) is 11.3 Å². The van der Waals surface area contributed by atoms with Gasteiger partial charge in [0.25, 0.3) is 0 Å². The van der Waals surface area contributed by atoms with Crippen molar-refractivity contribution in [1.29, 1.82) is 0 Å². The molecule has 2 aliphatic heterocycles. The lowest BCUT2D eigenvalue weighted by Gasteiger charge is -2.48. The molecule has 6 nitrogen and oxygen atoms in total. The molecular weight excluding hydrogens is 348 g/mol. The van der Waals surface area contributed by atoms with E-state index >= 15 is 0 Å². The van der Waals surface area contributed by atoms with E-state index in [0.717, 1.165) is 57.4 Å². The van der Waals surface area contributed by atoms with Gasteiger partial charge in [0.05, 0.1) is 13.2 Å². The quantitative estimate of drug-likeness (QED) is 0.852. The molecule has 1 N–H and O–H groups in total. The van der Waals surface area contributed by atoms with Crippen LogP contribution < -0.4 is 10.2 Å². The van der Waals surface area contributed by atoms with E-state index in [1.165, 1.54) is 32.1 Å². The molecule has 0 bridgehead atoms. The zero-order valence-electron chi connectivity index (χ0n) is 15.5. The van der Waals surface area contributed by atoms with Crippen LogP contribution >= 0.6 is 11.3 Å². The number of hydrogen-bond acceptors (Lipinski definition) is 6. The summed E-state index contributed by atoms with van der Waals surface area (Å²) in [5, 5.41) is 6.30. The van der Waals surface area contributed by atoms with Gasteiger partial charge in [-0.05, 0) is 25.7 Å². The molecule has 0 spiro atoms. The standard InChI is InChI=1S/C19H30N4O2S/c24-17(16-5-4-9-23(16)18-20-8-14-26-18)21-15-19(6-2-1-3-7-19)22-10-12-25-13-11-22/h8,14,16H,1-7,9-13,15H2,(H,21,24)/t16-/m0/s1. The highest BCUT2D eigenvalue weighted by Gasteiger charge is 2.40. The van der Waals surface area contributed by atoms with Gasteiger partial charge in [0.2, 0.25) is 5.91 Å². The van der Waals surface area contributed by atoms with Crippen molar-refractivity contribution in [2.24, 2.45) is 0 Å². The van der Waals surface area contributed by atoms with Crippen LogP contribution in [0.25, 0.3) is 0 Å². The summed E-state index contributed by atoms with van der Waals surface area (Å²) >= 11 is 1.62. The Labute approximate surface area is 159 Å². The first kappa shape index (κ1) is 18.2. The van der Waals surface area contributed by atoms with Crippen LogP contribution in [0.4, 0.5) is 5.13 Å². The lowest BCUT2D eigenvalue weighted by molar-refractivity contribution is -0.123. The number of ether oxygens (including phenoxy) is 1. The molecule has 4 rings (SSSR count). The van der Waals surface area contributed by atoms with E-state index in [2.05, 4.69) is 20.1 Å². The maximum atomic E-state index is 13.0. The summed E-state index contributed by atoms with van der Waals surface area (Å²) < 4.78 is 5.56. The van der Waals surface area contributed by atoms with Gasteiger partial charge in [0.15, 0.2) is 5.13 Å². The van der Waals surface area contributed by atoms with Crippen molar-refractivity contribution < 1.29 is 9.53 Å². The molecule has 2 saturated heterocycles. The number of aromatic nitrogens is 1. The predicted molar refractivity (Wildman–Crippen MR) is 104 cm³/mol. The second kappa shape index (κ2) is 8.23. The highest BCUT2D eigenvalue weighted by molar-refractivity contribution is 7.13. The molecule has 144 valence electrons. The monoisotopic (exact) mass is 378 g/mol. The smallest absolute Gasteiger partial charge is 0.242 e. The molecule has 1 saturated carbocycles. The van der Waals surface area contributed by atoms with E-state index in [0.29, 0.717) is 0 Å². The van der Waals surface area contributed by atoms with Crippen molar-refractivity contribution in [2.45, 2.75) is 56.5 Å². The van der Waals surface area contributed by atoms with Gasteiger partial charge in [-0.15, -0.1) is 11.3 Å². The topological polar surface area (TPSA) is 57.7 Å². The first-order valence-corrected chi connectivity index (χ1v) is 10.9. The Bertz CT molecular complexity index is 582. The largest absolute Gasteiger partial charge is 0.379 e. The summed E-state index contributed by atoms with van der Waals surface area (Å²) in [4.78, 5) is 22.2. The second-order valence-corrected chi connectivity index (χ2v) is 8.64. The molecule has 0 aromatic carbocycles. The number of morpholine rings is 1. The first-order chi connectivity index (χ1) is 12.8. The van der Waals surface area contributed by atoms with Crippen LogP contribution in [0.3, 0.4) is 0 Å². The van der Waals surface area contributed by atoms with Crippen LogP contribution in [-0.4, -0.2) is 66.8 Å². The normalized spacial score (nSPS) is 26.8. The summed E-state index contributed by atoms with van der Waals surface area (Å²) in [5.41, 5.74) is 0.127. The van der Waals surface area contributed by atoms with Crippen molar-refractivity contribution in [3.63, 3.8) is 0 Å². The van der Waals surface area contributed by atoms with Gasteiger partial charge in [-0.1, -0.05) is 19.3 Å². The number of thiazole rings is 1. The summed E-state index contributed by atoms with van der Waals surface area (Å²) in [6.07, 6.45) is 10.0. The Morgan fingerprint density at radius 2 is 2.04 bits per heavy atom. The number of hydrogen-bond donors (Lipinski definition) is 1. The van der Waals surface area contributed by atoms with Crippen molar-refractivity contribution in [3.05, 3.63) is 11.6 Å². The van der Waals surface area contributed by atoms with Gasteiger partial charge in [-0.3, -0.25) is 9.69 Å². The number of carbonyl (C=O) groups excluding carboxylic acids is 1. The van der Waals surface area contributed by atoms with E-state index in [-0.39, 0.29) is 17.5 Å². The van der Waals surface area contributed by atoms with Crippen molar-refractivity contribution >= 4 is 22.4 Å². The number of nitrogens with zero attached hydrogens (tertiary/aromatic N) is 3. The minimum atomic E-state index is -0.0634. The Morgan fingerprint density at radius 3 is 2.77 bits per heavy atom. The molecule has 1 amide bonds. The van der Waals surface area contributed by atoms with E-state index < -0.39 is 0 Å². The molecule has 0 unspecified atom stereocenters. The summed E-state index contributed by atoms with van der Waals surface area (Å²) in [7, 11) is 0. The number of anilines is 1. The fraction of sp³-hybridized carbons (Fsp3) is 0.789. The lowest BCUT2D eigenvalue weighted by Crippen LogP contribution is -2.60. The summed E-state index contributed by atoms with van der Waals surface area (Å²) in [6, 6.07) is -0.0634. The lowest BCUT2D eigenvalue weighted by atomic mass is 9.79. The van der Waals surface area contributed by atoms with Crippen LogP contribution in [0.15, 0.2) is 11.6 Å². The zero-order valence-corrected chi connectivity index (χ0v) is 16.3. The number of nitrogens with one attached hydrogen (secondary N) is 1. The minimum Gasteiger partial charge on any atom is -0.379 e. The van der Waals surface area contributed by atoms with Crippen LogP contribution in [0, 0.1) is 0 Å². The molecule has 3 aliphatic rings. The number of amides is 1.